The van der Waals surface area contributed by atoms with Crippen LogP contribution in [0.4, 0.5) is 11.4 Å². The summed E-state index contributed by atoms with van der Waals surface area (Å²) in [6.07, 6.45) is 1.94. The molecule has 2 aromatic rings. The van der Waals surface area contributed by atoms with Gasteiger partial charge in [-0.2, -0.15) is 0 Å². The van der Waals surface area contributed by atoms with Gasteiger partial charge in [0, 0.05) is 42.2 Å². The van der Waals surface area contributed by atoms with Gasteiger partial charge in [-0.25, -0.2) is 0 Å². The average Bonchev–Trinajstić information content (AvgIpc) is 3.38. The van der Waals surface area contributed by atoms with Gasteiger partial charge in [0.1, 0.15) is 5.69 Å². The molecule has 4 rings (SSSR count). The van der Waals surface area contributed by atoms with Gasteiger partial charge in [0.05, 0.1) is 24.2 Å². The lowest BCUT2D eigenvalue weighted by atomic mass is 10.1. The third-order valence-corrected chi connectivity index (χ3v) is 6.19. The molecule has 1 atom stereocenters. The number of carbonyl (C=O) groups excluding carboxylic acids is 1. The first-order chi connectivity index (χ1) is 14.1. The number of amides is 1. The van der Waals surface area contributed by atoms with Crippen molar-refractivity contribution >= 4 is 28.6 Å². The summed E-state index contributed by atoms with van der Waals surface area (Å²) >= 11 is 1.68. The summed E-state index contributed by atoms with van der Waals surface area (Å²) in [5.41, 5.74) is 0.658. The van der Waals surface area contributed by atoms with E-state index in [1.54, 1.807) is 23.5 Å². The molecule has 154 valence electrons. The molecule has 1 aliphatic heterocycles. The van der Waals surface area contributed by atoms with Gasteiger partial charge in [-0.3, -0.25) is 19.8 Å². The number of nitro benzene ring substituents is 1. The maximum atomic E-state index is 12.2. The molecular weight excluding hydrogens is 392 g/mol. The number of ether oxygens (including phenoxy) is 1. The maximum absolute atomic E-state index is 12.2. The SMILES string of the molecule is O=C(NC1CC1)c1ccc(NCC(c2cccs2)N2CCOCC2)c([N+](=O)[O-])c1. The van der Waals surface area contributed by atoms with Crippen LogP contribution in [0, 0.1) is 10.1 Å². The number of thiophene rings is 1. The second-order valence-electron chi connectivity index (χ2n) is 7.30. The van der Waals surface area contributed by atoms with Crippen LogP contribution in [0.5, 0.6) is 0 Å². The number of nitrogens with one attached hydrogen (secondary N) is 2. The van der Waals surface area contributed by atoms with E-state index in [2.05, 4.69) is 21.6 Å². The van der Waals surface area contributed by atoms with E-state index in [1.807, 2.05) is 11.4 Å². The van der Waals surface area contributed by atoms with Crippen LogP contribution in [-0.2, 0) is 4.74 Å². The van der Waals surface area contributed by atoms with Gasteiger partial charge < -0.3 is 15.4 Å². The fraction of sp³-hybridized carbons (Fsp3) is 0.450. The van der Waals surface area contributed by atoms with E-state index < -0.39 is 4.92 Å². The monoisotopic (exact) mass is 416 g/mol. The van der Waals surface area contributed by atoms with Crippen LogP contribution >= 0.6 is 11.3 Å². The summed E-state index contributed by atoms with van der Waals surface area (Å²) in [5, 5.41) is 19.8. The molecule has 1 aromatic heterocycles. The fourth-order valence-corrected chi connectivity index (χ4v) is 4.32. The van der Waals surface area contributed by atoms with Crippen molar-refractivity contribution in [2.45, 2.75) is 24.9 Å². The Morgan fingerprint density at radius 3 is 2.76 bits per heavy atom. The van der Waals surface area contributed by atoms with E-state index in [0.717, 1.165) is 25.9 Å². The highest BCUT2D eigenvalue weighted by Crippen LogP contribution is 2.30. The molecular formula is C20H24N4O4S. The molecule has 1 unspecified atom stereocenters. The van der Waals surface area contributed by atoms with E-state index in [0.29, 0.717) is 31.0 Å². The Balaban J connectivity index is 1.50. The number of benzene rings is 1. The number of morpholine rings is 1. The van der Waals surface area contributed by atoms with E-state index in [4.69, 9.17) is 4.74 Å². The fourth-order valence-electron chi connectivity index (χ4n) is 3.46. The second-order valence-corrected chi connectivity index (χ2v) is 8.28. The second kappa shape index (κ2) is 8.89. The van der Waals surface area contributed by atoms with Crippen LogP contribution in [0.25, 0.3) is 0 Å². The van der Waals surface area contributed by atoms with E-state index in [1.165, 1.54) is 10.9 Å². The molecule has 2 N–H and O–H groups in total. The van der Waals surface area contributed by atoms with Crippen LogP contribution in [0.3, 0.4) is 0 Å². The largest absolute Gasteiger partial charge is 0.379 e. The van der Waals surface area contributed by atoms with Crippen molar-refractivity contribution in [1.29, 1.82) is 0 Å². The topological polar surface area (TPSA) is 96.7 Å². The summed E-state index contributed by atoms with van der Waals surface area (Å²) in [6, 6.07) is 9.05. The highest BCUT2D eigenvalue weighted by Gasteiger charge is 2.27. The lowest BCUT2D eigenvalue weighted by Crippen LogP contribution is -2.41. The number of rotatable bonds is 8. The molecule has 1 saturated carbocycles. The quantitative estimate of drug-likeness (QED) is 0.507. The smallest absolute Gasteiger partial charge is 0.293 e. The highest BCUT2D eigenvalue weighted by atomic mass is 32.1. The zero-order valence-electron chi connectivity index (χ0n) is 16.0. The Hall–Kier alpha value is -2.49. The molecule has 0 bridgehead atoms. The molecule has 1 aliphatic carbocycles. The Kier molecular flexibility index (Phi) is 6.08. The molecule has 2 aliphatic rings. The zero-order chi connectivity index (χ0) is 20.2. The lowest BCUT2D eigenvalue weighted by Gasteiger charge is -2.34. The van der Waals surface area contributed by atoms with Gasteiger partial charge in [0.2, 0.25) is 0 Å². The molecule has 2 fully saturated rings. The minimum absolute atomic E-state index is 0.0830. The number of anilines is 1. The Morgan fingerprint density at radius 1 is 1.31 bits per heavy atom. The molecule has 29 heavy (non-hydrogen) atoms. The van der Waals surface area contributed by atoms with Crippen molar-refractivity contribution in [3.8, 4) is 0 Å². The van der Waals surface area contributed by atoms with Crippen LogP contribution in [-0.4, -0.2) is 54.6 Å². The molecule has 0 radical (unpaired) electrons. The number of nitrogens with zero attached hydrogens (tertiary/aromatic N) is 2. The minimum Gasteiger partial charge on any atom is -0.379 e. The minimum atomic E-state index is -0.439. The molecule has 0 spiro atoms. The van der Waals surface area contributed by atoms with Crippen molar-refractivity contribution in [1.82, 2.24) is 10.2 Å². The number of hydrogen-bond donors (Lipinski definition) is 2. The van der Waals surface area contributed by atoms with E-state index in [9.17, 15) is 14.9 Å². The molecule has 1 saturated heterocycles. The van der Waals surface area contributed by atoms with Crippen LogP contribution in [0.2, 0.25) is 0 Å². The summed E-state index contributed by atoms with van der Waals surface area (Å²) in [5.74, 6) is -0.257. The molecule has 2 heterocycles. The Labute approximate surface area is 173 Å². The zero-order valence-corrected chi connectivity index (χ0v) is 16.8. The van der Waals surface area contributed by atoms with Crippen molar-refractivity contribution in [3.05, 3.63) is 56.3 Å². The summed E-state index contributed by atoms with van der Waals surface area (Å²) in [6.45, 7) is 3.56. The average molecular weight is 417 g/mol. The van der Waals surface area contributed by atoms with Gasteiger partial charge in [-0.15, -0.1) is 11.3 Å². The summed E-state index contributed by atoms with van der Waals surface area (Å²) in [4.78, 5) is 27.0. The number of nitro groups is 1. The summed E-state index contributed by atoms with van der Waals surface area (Å²) < 4.78 is 5.46. The van der Waals surface area contributed by atoms with Crippen molar-refractivity contribution in [2.75, 3.05) is 38.2 Å². The predicted octanol–water partition coefficient (Wildman–Crippen LogP) is 3.03. The van der Waals surface area contributed by atoms with Crippen molar-refractivity contribution in [3.63, 3.8) is 0 Å². The molecule has 1 aromatic carbocycles. The van der Waals surface area contributed by atoms with Crippen molar-refractivity contribution in [2.24, 2.45) is 0 Å². The third-order valence-electron chi connectivity index (χ3n) is 5.21. The number of hydrogen-bond acceptors (Lipinski definition) is 7. The third kappa shape index (κ3) is 4.92. The molecule has 9 heteroatoms. The normalized spacial score (nSPS) is 18.2. The van der Waals surface area contributed by atoms with Crippen molar-refractivity contribution < 1.29 is 14.5 Å². The predicted molar refractivity (Wildman–Crippen MR) is 112 cm³/mol. The van der Waals surface area contributed by atoms with Gasteiger partial charge in [0.15, 0.2) is 0 Å². The van der Waals surface area contributed by atoms with E-state index >= 15 is 0 Å². The van der Waals surface area contributed by atoms with Gasteiger partial charge in [0.25, 0.3) is 11.6 Å². The lowest BCUT2D eigenvalue weighted by molar-refractivity contribution is -0.384. The number of carbonyl (C=O) groups is 1. The van der Waals surface area contributed by atoms with Crippen LogP contribution < -0.4 is 10.6 Å². The van der Waals surface area contributed by atoms with Crippen LogP contribution in [0.1, 0.15) is 34.1 Å². The summed E-state index contributed by atoms with van der Waals surface area (Å²) in [7, 11) is 0. The van der Waals surface area contributed by atoms with Crippen LogP contribution in [0.15, 0.2) is 35.7 Å². The van der Waals surface area contributed by atoms with Gasteiger partial charge in [-0.1, -0.05) is 6.07 Å². The van der Waals surface area contributed by atoms with Gasteiger partial charge >= 0.3 is 0 Å². The highest BCUT2D eigenvalue weighted by molar-refractivity contribution is 7.10. The Morgan fingerprint density at radius 2 is 2.10 bits per heavy atom. The first kappa shape index (κ1) is 19.8. The first-order valence-corrected chi connectivity index (χ1v) is 10.7. The molecule has 1 amide bonds. The Bertz CT molecular complexity index is 863. The van der Waals surface area contributed by atoms with Gasteiger partial charge in [-0.05, 0) is 36.4 Å². The maximum Gasteiger partial charge on any atom is 0.293 e. The molecule has 8 nitrogen and oxygen atoms in total. The van der Waals surface area contributed by atoms with E-state index in [-0.39, 0.29) is 23.7 Å². The first-order valence-electron chi connectivity index (χ1n) is 9.80. The standard InChI is InChI=1S/C20H24N4O4S/c25-20(22-15-4-5-15)14-3-6-16(17(12-14)24(26)27)21-13-18(19-2-1-11-29-19)23-7-9-28-10-8-23/h1-3,6,11-12,15,18,21H,4-5,7-10,13H2,(H,22,25).